The maximum Gasteiger partial charge on any atom is 0.129 e. The van der Waals surface area contributed by atoms with Gasteiger partial charge in [0.15, 0.2) is 0 Å². The van der Waals surface area contributed by atoms with Gasteiger partial charge in [-0.15, -0.1) is 0 Å². The van der Waals surface area contributed by atoms with Crippen LogP contribution in [0.15, 0.2) is 40.9 Å². The summed E-state index contributed by atoms with van der Waals surface area (Å²) in [4.78, 5) is 0. The summed E-state index contributed by atoms with van der Waals surface area (Å²) in [7, 11) is 1.58. The Kier molecular flexibility index (Phi) is 4.75. The van der Waals surface area contributed by atoms with Gasteiger partial charge in [-0.3, -0.25) is 5.84 Å². The molecule has 1 atom stereocenters. The molecule has 2 aromatic rings. The Labute approximate surface area is 126 Å². The van der Waals surface area contributed by atoms with Gasteiger partial charge < -0.3 is 4.74 Å². The zero-order chi connectivity index (χ0) is 14.7. The molecule has 0 fully saturated rings. The predicted molar refractivity (Wildman–Crippen MR) is 81.0 cm³/mol. The first kappa shape index (κ1) is 15.0. The number of hydrazine groups is 1. The van der Waals surface area contributed by atoms with Crippen LogP contribution in [0.2, 0.25) is 0 Å². The molecular formula is C15H16BrFN2O. The zero-order valence-electron chi connectivity index (χ0n) is 11.3. The van der Waals surface area contributed by atoms with Crippen molar-refractivity contribution >= 4 is 15.9 Å². The molecule has 0 saturated heterocycles. The van der Waals surface area contributed by atoms with Crippen molar-refractivity contribution in [1.29, 1.82) is 0 Å². The van der Waals surface area contributed by atoms with Crippen LogP contribution in [0.4, 0.5) is 4.39 Å². The fraction of sp³-hybridized carbons (Fsp3) is 0.200. The SMILES string of the molecule is COc1ccc(C)cc1C(NN)c1c(F)cccc1Br. The van der Waals surface area contributed by atoms with Gasteiger partial charge in [0.05, 0.1) is 13.2 Å². The van der Waals surface area contributed by atoms with E-state index in [9.17, 15) is 4.39 Å². The minimum atomic E-state index is -0.500. The predicted octanol–water partition coefficient (Wildman–Crippen LogP) is 3.46. The Balaban J connectivity index is 2.61. The molecule has 0 amide bonds. The second-order valence-electron chi connectivity index (χ2n) is 4.48. The van der Waals surface area contributed by atoms with Gasteiger partial charge in [0.1, 0.15) is 11.6 Å². The van der Waals surface area contributed by atoms with Crippen LogP contribution in [-0.4, -0.2) is 7.11 Å². The van der Waals surface area contributed by atoms with Gasteiger partial charge in [0.25, 0.3) is 0 Å². The second-order valence-corrected chi connectivity index (χ2v) is 5.33. The van der Waals surface area contributed by atoms with Crippen molar-refractivity contribution in [3.63, 3.8) is 0 Å². The van der Waals surface area contributed by atoms with E-state index in [2.05, 4.69) is 21.4 Å². The third-order valence-electron chi connectivity index (χ3n) is 3.15. The van der Waals surface area contributed by atoms with Crippen molar-refractivity contribution in [3.05, 3.63) is 63.4 Å². The summed E-state index contributed by atoms with van der Waals surface area (Å²) in [5.74, 6) is 5.99. The molecule has 0 aliphatic heterocycles. The molecule has 0 saturated carbocycles. The zero-order valence-corrected chi connectivity index (χ0v) is 12.9. The lowest BCUT2D eigenvalue weighted by Gasteiger charge is -2.21. The molecule has 3 nitrogen and oxygen atoms in total. The first-order valence-electron chi connectivity index (χ1n) is 6.13. The highest BCUT2D eigenvalue weighted by Crippen LogP contribution is 2.35. The third-order valence-corrected chi connectivity index (χ3v) is 3.84. The van der Waals surface area contributed by atoms with E-state index in [0.29, 0.717) is 15.8 Å². The third kappa shape index (κ3) is 2.85. The number of nitrogens with one attached hydrogen (secondary N) is 1. The van der Waals surface area contributed by atoms with Gasteiger partial charge in [-0.1, -0.05) is 39.7 Å². The monoisotopic (exact) mass is 338 g/mol. The Hall–Kier alpha value is -1.43. The molecule has 0 radical (unpaired) electrons. The molecule has 5 heteroatoms. The van der Waals surface area contributed by atoms with E-state index >= 15 is 0 Å². The lowest BCUT2D eigenvalue weighted by atomic mass is 9.96. The summed E-state index contributed by atoms with van der Waals surface area (Å²) in [6.07, 6.45) is 0. The number of benzene rings is 2. The van der Waals surface area contributed by atoms with Crippen molar-refractivity contribution in [2.24, 2.45) is 5.84 Å². The number of nitrogens with two attached hydrogens (primary N) is 1. The number of methoxy groups -OCH3 is 1. The number of ether oxygens (including phenoxy) is 1. The van der Waals surface area contributed by atoms with E-state index in [-0.39, 0.29) is 5.82 Å². The fourth-order valence-electron chi connectivity index (χ4n) is 2.19. The Morgan fingerprint density at radius 2 is 2.05 bits per heavy atom. The highest BCUT2D eigenvalue weighted by atomic mass is 79.9. The van der Waals surface area contributed by atoms with Crippen LogP contribution in [0, 0.1) is 12.7 Å². The van der Waals surface area contributed by atoms with Gasteiger partial charge in [-0.25, -0.2) is 9.82 Å². The molecule has 106 valence electrons. The average Bonchev–Trinajstić information content (AvgIpc) is 2.43. The molecule has 0 spiro atoms. The van der Waals surface area contributed by atoms with E-state index in [1.54, 1.807) is 19.2 Å². The van der Waals surface area contributed by atoms with Crippen molar-refractivity contribution in [3.8, 4) is 5.75 Å². The number of rotatable bonds is 4. The van der Waals surface area contributed by atoms with Crippen LogP contribution in [-0.2, 0) is 0 Å². The van der Waals surface area contributed by atoms with E-state index in [1.807, 2.05) is 25.1 Å². The van der Waals surface area contributed by atoms with E-state index in [0.717, 1.165) is 11.1 Å². The molecule has 0 aliphatic carbocycles. The van der Waals surface area contributed by atoms with Crippen LogP contribution >= 0.6 is 15.9 Å². The van der Waals surface area contributed by atoms with Gasteiger partial charge in [0, 0.05) is 15.6 Å². The summed E-state index contributed by atoms with van der Waals surface area (Å²) < 4.78 is 20.2. The maximum atomic E-state index is 14.1. The molecule has 2 aromatic carbocycles. The maximum absolute atomic E-state index is 14.1. The highest BCUT2D eigenvalue weighted by Gasteiger charge is 2.22. The number of hydrogen-bond donors (Lipinski definition) is 2. The van der Waals surface area contributed by atoms with E-state index in [4.69, 9.17) is 10.6 Å². The van der Waals surface area contributed by atoms with E-state index < -0.39 is 6.04 Å². The molecule has 0 aliphatic rings. The number of aryl methyl sites for hydroxylation is 1. The minimum absolute atomic E-state index is 0.328. The molecule has 0 aromatic heterocycles. The fourth-order valence-corrected chi connectivity index (χ4v) is 2.77. The molecule has 1 unspecified atom stereocenters. The van der Waals surface area contributed by atoms with Gasteiger partial charge >= 0.3 is 0 Å². The summed E-state index contributed by atoms with van der Waals surface area (Å²) >= 11 is 3.37. The first-order chi connectivity index (χ1) is 9.58. The molecule has 0 heterocycles. The number of halogens is 2. The number of hydrogen-bond acceptors (Lipinski definition) is 3. The van der Waals surface area contributed by atoms with Gasteiger partial charge in [0.2, 0.25) is 0 Å². The summed E-state index contributed by atoms with van der Waals surface area (Å²) in [6, 6.07) is 10.1. The van der Waals surface area contributed by atoms with Crippen LogP contribution < -0.4 is 16.0 Å². The first-order valence-corrected chi connectivity index (χ1v) is 6.92. The van der Waals surface area contributed by atoms with Crippen molar-refractivity contribution < 1.29 is 9.13 Å². The molecule has 2 rings (SSSR count). The van der Waals surface area contributed by atoms with Gasteiger partial charge in [-0.2, -0.15) is 0 Å². The smallest absolute Gasteiger partial charge is 0.129 e. The van der Waals surface area contributed by atoms with Crippen LogP contribution in [0.3, 0.4) is 0 Å². The average molecular weight is 339 g/mol. The van der Waals surface area contributed by atoms with Crippen molar-refractivity contribution in [2.75, 3.05) is 7.11 Å². The van der Waals surface area contributed by atoms with Crippen molar-refractivity contribution in [2.45, 2.75) is 13.0 Å². The lowest BCUT2D eigenvalue weighted by Crippen LogP contribution is -2.30. The summed E-state index contributed by atoms with van der Waals surface area (Å²) in [5.41, 5.74) is 4.97. The Morgan fingerprint density at radius 1 is 1.30 bits per heavy atom. The van der Waals surface area contributed by atoms with Crippen molar-refractivity contribution in [1.82, 2.24) is 5.43 Å². The molecule has 3 N–H and O–H groups in total. The molecule has 20 heavy (non-hydrogen) atoms. The van der Waals surface area contributed by atoms with Crippen LogP contribution in [0.1, 0.15) is 22.7 Å². The molecule has 0 bridgehead atoms. The topological polar surface area (TPSA) is 47.3 Å². The van der Waals surface area contributed by atoms with Crippen LogP contribution in [0.25, 0.3) is 0 Å². The summed E-state index contributed by atoms with van der Waals surface area (Å²) in [6.45, 7) is 1.97. The van der Waals surface area contributed by atoms with E-state index in [1.165, 1.54) is 6.07 Å². The standard InChI is InChI=1S/C15H16BrFN2O/c1-9-6-7-13(20-2)10(8-9)15(19-18)14-11(16)4-3-5-12(14)17/h3-8,15,19H,18H2,1-2H3. The van der Waals surface area contributed by atoms with Crippen LogP contribution in [0.5, 0.6) is 5.75 Å². The highest BCUT2D eigenvalue weighted by molar-refractivity contribution is 9.10. The largest absolute Gasteiger partial charge is 0.496 e. The minimum Gasteiger partial charge on any atom is -0.496 e. The quantitative estimate of drug-likeness (QED) is 0.663. The Bertz CT molecular complexity index is 599. The normalized spacial score (nSPS) is 12.2. The Morgan fingerprint density at radius 3 is 2.65 bits per heavy atom. The lowest BCUT2D eigenvalue weighted by molar-refractivity contribution is 0.403. The second kappa shape index (κ2) is 6.35. The summed E-state index contributed by atoms with van der Waals surface area (Å²) in [5, 5.41) is 0. The molecular weight excluding hydrogens is 323 g/mol. The van der Waals surface area contributed by atoms with Gasteiger partial charge in [-0.05, 0) is 25.1 Å².